The molecule has 0 saturated heterocycles. The fourth-order valence-corrected chi connectivity index (χ4v) is 3.80. The maximum Gasteiger partial charge on any atom is 0.223 e. The highest BCUT2D eigenvalue weighted by Crippen LogP contribution is 2.27. The summed E-state index contributed by atoms with van der Waals surface area (Å²) >= 11 is 0. The van der Waals surface area contributed by atoms with E-state index in [2.05, 4.69) is 10.6 Å². The van der Waals surface area contributed by atoms with Crippen molar-refractivity contribution < 1.29 is 19.4 Å². The second-order valence-electron chi connectivity index (χ2n) is 7.55. The fourth-order valence-electron chi connectivity index (χ4n) is 3.80. The maximum atomic E-state index is 12.2. The van der Waals surface area contributed by atoms with Crippen molar-refractivity contribution in [3.05, 3.63) is 12.2 Å². The van der Waals surface area contributed by atoms with Crippen molar-refractivity contribution in [2.75, 3.05) is 6.61 Å². The SMILES string of the molecule is O=C(C[C@@H]1C=C[C@H](NC(=O)C2CCC2)[C@@H](CO)O1)NC1CCCCC1. The number of rotatable bonds is 6. The van der Waals surface area contributed by atoms with Crippen molar-refractivity contribution in [2.45, 2.75) is 82.1 Å². The van der Waals surface area contributed by atoms with Crippen LogP contribution in [-0.4, -0.2) is 47.8 Å². The van der Waals surface area contributed by atoms with Gasteiger partial charge in [0.2, 0.25) is 11.8 Å². The lowest BCUT2D eigenvalue weighted by atomic mass is 9.84. The molecular weight excluding hydrogens is 320 g/mol. The van der Waals surface area contributed by atoms with Gasteiger partial charge in [0.1, 0.15) is 6.10 Å². The second-order valence-corrected chi connectivity index (χ2v) is 7.55. The topological polar surface area (TPSA) is 87.7 Å². The predicted molar refractivity (Wildman–Crippen MR) is 93.8 cm³/mol. The molecule has 3 aliphatic rings. The molecule has 140 valence electrons. The molecule has 3 rings (SSSR count). The van der Waals surface area contributed by atoms with E-state index in [0.29, 0.717) is 0 Å². The number of ether oxygens (including phenoxy) is 1. The Morgan fingerprint density at radius 2 is 1.76 bits per heavy atom. The van der Waals surface area contributed by atoms with Crippen LogP contribution in [-0.2, 0) is 14.3 Å². The lowest BCUT2D eigenvalue weighted by molar-refractivity contribution is -0.132. The van der Waals surface area contributed by atoms with Crippen LogP contribution in [0, 0.1) is 5.92 Å². The molecule has 3 atom stereocenters. The number of aliphatic hydroxyl groups excluding tert-OH is 1. The molecule has 0 unspecified atom stereocenters. The molecule has 0 spiro atoms. The summed E-state index contributed by atoms with van der Waals surface area (Å²) in [5.74, 6) is 0.137. The molecule has 0 aromatic rings. The van der Waals surface area contributed by atoms with Crippen LogP contribution in [0.15, 0.2) is 12.2 Å². The molecule has 2 fully saturated rings. The van der Waals surface area contributed by atoms with Crippen LogP contribution in [0.2, 0.25) is 0 Å². The van der Waals surface area contributed by atoms with Gasteiger partial charge in [-0.15, -0.1) is 0 Å². The van der Waals surface area contributed by atoms with Crippen molar-refractivity contribution in [3.63, 3.8) is 0 Å². The zero-order valence-corrected chi connectivity index (χ0v) is 14.8. The smallest absolute Gasteiger partial charge is 0.223 e. The van der Waals surface area contributed by atoms with Gasteiger partial charge >= 0.3 is 0 Å². The molecule has 0 aromatic heterocycles. The van der Waals surface area contributed by atoms with E-state index in [0.717, 1.165) is 32.1 Å². The first kappa shape index (κ1) is 18.4. The minimum absolute atomic E-state index is 0.00445. The Labute approximate surface area is 149 Å². The highest BCUT2D eigenvalue weighted by atomic mass is 16.5. The van der Waals surface area contributed by atoms with Gasteiger partial charge in [-0.2, -0.15) is 0 Å². The zero-order chi connectivity index (χ0) is 17.6. The molecule has 0 radical (unpaired) electrons. The van der Waals surface area contributed by atoms with Crippen LogP contribution in [0.1, 0.15) is 57.8 Å². The molecule has 2 aliphatic carbocycles. The first-order chi connectivity index (χ1) is 12.2. The van der Waals surface area contributed by atoms with Gasteiger partial charge in [0.15, 0.2) is 0 Å². The van der Waals surface area contributed by atoms with E-state index in [9.17, 15) is 14.7 Å². The van der Waals surface area contributed by atoms with E-state index in [-0.39, 0.29) is 48.9 Å². The normalized spacial score (nSPS) is 30.5. The van der Waals surface area contributed by atoms with Gasteiger partial charge in [0.05, 0.1) is 25.2 Å². The largest absolute Gasteiger partial charge is 0.394 e. The fraction of sp³-hybridized carbons (Fsp3) is 0.789. The summed E-state index contributed by atoms with van der Waals surface area (Å²) in [5, 5.41) is 15.6. The first-order valence-electron chi connectivity index (χ1n) is 9.70. The monoisotopic (exact) mass is 350 g/mol. The Bertz CT molecular complexity index is 498. The van der Waals surface area contributed by atoms with E-state index in [1.807, 2.05) is 12.2 Å². The van der Waals surface area contributed by atoms with Crippen LogP contribution in [0.4, 0.5) is 0 Å². The summed E-state index contributed by atoms with van der Waals surface area (Å²) in [6, 6.07) is -0.0345. The summed E-state index contributed by atoms with van der Waals surface area (Å²) in [5.41, 5.74) is 0. The predicted octanol–water partition coefficient (Wildman–Crippen LogP) is 1.43. The van der Waals surface area contributed by atoms with E-state index in [4.69, 9.17) is 4.74 Å². The van der Waals surface area contributed by atoms with E-state index in [1.165, 1.54) is 19.3 Å². The molecule has 1 heterocycles. The maximum absolute atomic E-state index is 12.2. The highest BCUT2D eigenvalue weighted by molar-refractivity contribution is 5.80. The molecular formula is C19H30N2O4. The van der Waals surface area contributed by atoms with E-state index in [1.54, 1.807) is 0 Å². The third-order valence-electron chi connectivity index (χ3n) is 5.60. The number of carbonyl (C=O) groups is 2. The Morgan fingerprint density at radius 1 is 1.00 bits per heavy atom. The minimum atomic E-state index is -0.499. The molecule has 0 bridgehead atoms. The molecule has 2 amide bonds. The molecule has 0 aromatic carbocycles. The Kier molecular flexibility index (Phi) is 6.48. The van der Waals surface area contributed by atoms with Gasteiger partial charge in [0.25, 0.3) is 0 Å². The molecule has 25 heavy (non-hydrogen) atoms. The lowest BCUT2D eigenvalue weighted by Crippen LogP contribution is -2.51. The van der Waals surface area contributed by atoms with Crippen molar-refractivity contribution in [3.8, 4) is 0 Å². The van der Waals surface area contributed by atoms with Gasteiger partial charge in [-0.3, -0.25) is 9.59 Å². The zero-order valence-electron chi connectivity index (χ0n) is 14.8. The quantitative estimate of drug-likeness (QED) is 0.632. The molecule has 2 saturated carbocycles. The van der Waals surface area contributed by atoms with Crippen molar-refractivity contribution in [2.24, 2.45) is 5.92 Å². The van der Waals surface area contributed by atoms with Crippen LogP contribution in [0.5, 0.6) is 0 Å². The number of nitrogens with one attached hydrogen (secondary N) is 2. The van der Waals surface area contributed by atoms with Crippen LogP contribution in [0.3, 0.4) is 0 Å². The van der Waals surface area contributed by atoms with Crippen molar-refractivity contribution in [1.82, 2.24) is 10.6 Å². The van der Waals surface area contributed by atoms with Crippen molar-refractivity contribution >= 4 is 11.8 Å². The molecule has 1 aliphatic heterocycles. The average molecular weight is 350 g/mol. The van der Waals surface area contributed by atoms with Crippen LogP contribution in [0.25, 0.3) is 0 Å². The van der Waals surface area contributed by atoms with Crippen LogP contribution < -0.4 is 10.6 Å². The Morgan fingerprint density at radius 3 is 2.40 bits per heavy atom. The second kappa shape index (κ2) is 8.81. The lowest BCUT2D eigenvalue weighted by Gasteiger charge is -2.34. The minimum Gasteiger partial charge on any atom is -0.394 e. The van der Waals surface area contributed by atoms with Gasteiger partial charge in [-0.05, 0) is 25.7 Å². The highest BCUT2D eigenvalue weighted by Gasteiger charge is 2.32. The Balaban J connectivity index is 1.47. The Hall–Kier alpha value is -1.40. The summed E-state index contributed by atoms with van der Waals surface area (Å²) < 4.78 is 5.83. The molecule has 6 heteroatoms. The van der Waals surface area contributed by atoms with E-state index >= 15 is 0 Å². The molecule has 6 nitrogen and oxygen atoms in total. The van der Waals surface area contributed by atoms with Gasteiger partial charge in [-0.1, -0.05) is 37.8 Å². The van der Waals surface area contributed by atoms with Gasteiger partial charge in [-0.25, -0.2) is 0 Å². The van der Waals surface area contributed by atoms with Gasteiger partial charge < -0.3 is 20.5 Å². The summed E-state index contributed by atoms with van der Waals surface area (Å²) in [4.78, 5) is 24.3. The van der Waals surface area contributed by atoms with Crippen LogP contribution >= 0.6 is 0 Å². The third kappa shape index (κ3) is 5.05. The third-order valence-corrected chi connectivity index (χ3v) is 5.60. The van der Waals surface area contributed by atoms with Crippen molar-refractivity contribution in [1.29, 1.82) is 0 Å². The number of aliphatic hydroxyl groups is 1. The average Bonchev–Trinajstić information content (AvgIpc) is 2.55. The number of hydrogen-bond acceptors (Lipinski definition) is 4. The van der Waals surface area contributed by atoms with Gasteiger partial charge in [0, 0.05) is 12.0 Å². The van der Waals surface area contributed by atoms with E-state index < -0.39 is 6.10 Å². The standard InChI is InChI=1S/C19H30N2O4/c22-12-17-16(21-19(24)13-5-4-6-13)10-9-15(25-17)11-18(23)20-14-7-2-1-3-8-14/h9-10,13-17,22H,1-8,11-12H2,(H,20,23)(H,21,24)/t15-,16-,17+/m0/s1. The summed E-state index contributed by atoms with van der Waals surface area (Å²) in [6.45, 7) is -0.180. The summed E-state index contributed by atoms with van der Waals surface area (Å²) in [6.07, 6.45) is 11.8. The summed E-state index contributed by atoms with van der Waals surface area (Å²) in [7, 11) is 0. The number of hydrogen-bond donors (Lipinski definition) is 3. The number of carbonyl (C=O) groups excluding carboxylic acids is 2. The first-order valence-corrected chi connectivity index (χ1v) is 9.70. The number of amides is 2. The molecule has 3 N–H and O–H groups in total.